The van der Waals surface area contributed by atoms with Crippen molar-refractivity contribution in [3.63, 3.8) is 0 Å². The first-order chi connectivity index (χ1) is 10.0. The molecule has 0 aromatic heterocycles. The van der Waals surface area contributed by atoms with Gasteiger partial charge < -0.3 is 20.3 Å². The van der Waals surface area contributed by atoms with Crippen molar-refractivity contribution in [1.82, 2.24) is 9.80 Å². The largest absolute Gasteiger partial charge is 0.385 e. The Kier molecular flexibility index (Phi) is 7.97. The van der Waals surface area contributed by atoms with Gasteiger partial charge in [-0.25, -0.2) is 0 Å². The molecule has 1 unspecified atom stereocenters. The predicted octanol–water partition coefficient (Wildman–Crippen LogP) is 0.941. The van der Waals surface area contributed by atoms with E-state index in [1.54, 1.807) is 7.11 Å². The Labute approximate surface area is 127 Å². The topological polar surface area (TPSA) is 58.8 Å². The number of ether oxygens (including phenoxy) is 1. The van der Waals surface area contributed by atoms with Crippen molar-refractivity contribution in [2.24, 2.45) is 5.73 Å². The van der Waals surface area contributed by atoms with E-state index in [0.29, 0.717) is 26.1 Å². The number of rotatable bonds is 9. The van der Waals surface area contributed by atoms with Gasteiger partial charge >= 0.3 is 0 Å². The Hall–Kier alpha value is -1.43. The molecule has 1 aromatic rings. The summed E-state index contributed by atoms with van der Waals surface area (Å²) in [6.45, 7) is 2.57. The van der Waals surface area contributed by atoms with Gasteiger partial charge in [0.05, 0.1) is 6.04 Å². The summed E-state index contributed by atoms with van der Waals surface area (Å²) in [7, 11) is 5.61. The summed E-state index contributed by atoms with van der Waals surface area (Å²) < 4.78 is 5.00. The van der Waals surface area contributed by atoms with Crippen LogP contribution in [0.2, 0.25) is 0 Å². The Morgan fingerprint density at radius 2 is 1.90 bits per heavy atom. The van der Waals surface area contributed by atoms with Crippen molar-refractivity contribution in [3.8, 4) is 0 Å². The summed E-state index contributed by atoms with van der Waals surface area (Å²) in [4.78, 5) is 16.4. The monoisotopic (exact) mass is 293 g/mol. The molecule has 21 heavy (non-hydrogen) atoms. The average molecular weight is 293 g/mol. The lowest BCUT2D eigenvalue weighted by Gasteiger charge is -2.27. The minimum absolute atomic E-state index is 0.0160. The van der Waals surface area contributed by atoms with Crippen molar-refractivity contribution >= 4 is 5.91 Å². The van der Waals surface area contributed by atoms with Gasteiger partial charge in [0.2, 0.25) is 5.91 Å². The quantitative estimate of drug-likeness (QED) is 0.736. The van der Waals surface area contributed by atoms with Crippen LogP contribution in [0.25, 0.3) is 0 Å². The van der Waals surface area contributed by atoms with Crippen molar-refractivity contribution in [1.29, 1.82) is 0 Å². The minimum Gasteiger partial charge on any atom is -0.385 e. The lowest BCUT2D eigenvalue weighted by atomic mass is 10.1. The molecule has 0 radical (unpaired) electrons. The van der Waals surface area contributed by atoms with Gasteiger partial charge in [0, 0.05) is 33.4 Å². The SMILES string of the molecule is COCCC(N)C(=O)N(CCN(C)C)Cc1ccccc1. The number of amides is 1. The van der Waals surface area contributed by atoms with Crippen LogP contribution < -0.4 is 5.73 Å². The van der Waals surface area contributed by atoms with Crippen LogP contribution >= 0.6 is 0 Å². The van der Waals surface area contributed by atoms with Crippen LogP contribution in [-0.2, 0) is 16.1 Å². The highest BCUT2D eigenvalue weighted by molar-refractivity contribution is 5.81. The molecule has 0 bridgehead atoms. The lowest BCUT2D eigenvalue weighted by Crippen LogP contribution is -2.46. The highest BCUT2D eigenvalue weighted by atomic mass is 16.5. The van der Waals surface area contributed by atoms with E-state index < -0.39 is 6.04 Å². The highest BCUT2D eigenvalue weighted by Gasteiger charge is 2.21. The number of methoxy groups -OCH3 is 1. The summed E-state index contributed by atoms with van der Waals surface area (Å²) in [6.07, 6.45) is 0.544. The van der Waals surface area contributed by atoms with E-state index in [9.17, 15) is 4.79 Å². The normalized spacial score (nSPS) is 12.4. The first-order valence-corrected chi connectivity index (χ1v) is 7.26. The molecule has 0 aliphatic heterocycles. The molecule has 5 nitrogen and oxygen atoms in total. The van der Waals surface area contributed by atoms with Gasteiger partial charge in [-0.1, -0.05) is 30.3 Å². The van der Waals surface area contributed by atoms with Gasteiger partial charge in [-0.15, -0.1) is 0 Å². The van der Waals surface area contributed by atoms with Crippen LogP contribution in [0.15, 0.2) is 30.3 Å². The summed E-state index contributed by atoms with van der Waals surface area (Å²) >= 11 is 0. The highest BCUT2D eigenvalue weighted by Crippen LogP contribution is 2.07. The second-order valence-electron chi connectivity index (χ2n) is 5.44. The zero-order chi connectivity index (χ0) is 15.7. The maximum absolute atomic E-state index is 12.5. The van der Waals surface area contributed by atoms with Crippen LogP contribution in [0.5, 0.6) is 0 Å². The van der Waals surface area contributed by atoms with E-state index in [1.165, 1.54) is 0 Å². The maximum Gasteiger partial charge on any atom is 0.239 e. The van der Waals surface area contributed by atoms with Crippen LogP contribution in [-0.4, -0.2) is 62.7 Å². The number of hydrogen-bond acceptors (Lipinski definition) is 4. The first-order valence-electron chi connectivity index (χ1n) is 7.26. The molecule has 2 N–H and O–H groups in total. The molecule has 1 rings (SSSR count). The lowest BCUT2D eigenvalue weighted by molar-refractivity contribution is -0.133. The number of carbonyl (C=O) groups excluding carboxylic acids is 1. The number of nitrogens with zero attached hydrogens (tertiary/aromatic N) is 2. The molecule has 0 spiro atoms. The van der Waals surface area contributed by atoms with E-state index >= 15 is 0 Å². The van der Waals surface area contributed by atoms with Crippen LogP contribution in [0.3, 0.4) is 0 Å². The van der Waals surface area contributed by atoms with Crippen molar-refractivity contribution in [3.05, 3.63) is 35.9 Å². The molecule has 118 valence electrons. The molecule has 1 amide bonds. The zero-order valence-corrected chi connectivity index (χ0v) is 13.3. The third-order valence-corrected chi connectivity index (χ3v) is 3.30. The van der Waals surface area contributed by atoms with Crippen molar-refractivity contribution in [2.75, 3.05) is 40.9 Å². The molecular formula is C16H27N3O2. The standard InChI is InChI=1S/C16H27N3O2/c1-18(2)10-11-19(13-14-7-5-4-6-8-14)16(20)15(17)9-12-21-3/h4-8,15H,9-13,17H2,1-3H3. The van der Waals surface area contributed by atoms with E-state index in [4.69, 9.17) is 10.5 Å². The molecule has 0 saturated carbocycles. The van der Waals surface area contributed by atoms with Gasteiger partial charge in [-0.2, -0.15) is 0 Å². The van der Waals surface area contributed by atoms with Crippen LogP contribution in [0.1, 0.15) is 12.0 Å². The number of carbonyl (C=O) groups is 1. The number of nitrogens with two attached hydrogens (primary N) is 1. The smallest absolute Gasteiger partial charge is 0.239 e. The predicted molar refractivity (Wildman–Crippen MR) is 84.9 cm³/mol. The minimum atomic E-state index is -0.504. The molecule has 0 heterocycles. The summed E-state index contributed by atoms with van der Waals surface area (Å²) in [5.74, 6) is -0.0160. The number of likely N-dealkylation sites (N-methyl/N-ethyl adjacent to an activating group) is 1. The fourth-order valence-electron chi connectivity index (χ4n) is 1.99. The molecule has 0 aliphatic rings. The average Bonchev–Trinajstić information content (AvgIpc) is 2.49. The maximum atomic E-state index is 12.5. The third kappa shape index (κ3) is 6.71. The second-order valence-corrected chi connectivity index (χ2v) is 5.44. The Morgan fingerprint density at radius 3 is 2.48 bits per heavy atom. The van der Waals surface area contributed by atoms with Gasteiger partial charge in [0.25, 0.3) is 0 Å². The second kappa shape index (κ2) is 9.50. The fraction of sp³-hybridized carbons (Fsp3) is 0.562. The molecule has 0 saturated heterocycles. The van der Waals surface area contributed by atoms with Gasteiger partial charge in [0.15, 0.2) is 0 Å². The van der Waals surface area contributed by atoms with Crippen LogP contribution in [0, 0.1) is 0 Å². The van der Waals surface area contributed by atoms with Crippen LogP contribution in [0.4, 0.5) is 0 Å². The van der Waals surface area contributed by atoms with Crippen molar-refractivity contribution in [2.45, 2.75) is 19.0 Å². The Morgan fingerprint density at radius 1 is 1.24 bits per heavy atom. The van der Waals surface area contributed by atoms with E-state index in [0.717, 1.165) is 12.1 Å². The molecule has 1 atom stereocenters. The van der Waals surface area contributed by atoms with E-state index in [2.05, 4.69) is 4.90 Å². The molecule has 0 fully saturated rings. The first kappa shape index (κ1) is 17.6. The van der Waals surface area contributed by atoms with E-state index in [-0.39, 0.29) is 5.91 Å². The Bertz CT molecular complexity index is 409. The number of hydrogen-bond donors (Lipinski definition) is 1. The summed E-state index contributed by atoms with van der Waals surface area (Å²) in [6, 6.07) is 9.48. The zero-order valence-electron chi connectivity index (χ0n) is 13.3. The fourth-order valence-corrected chi connectivity index (χ4v) is 1.99. The summed E-state index contributed by atoms with van der Waals surface area (Å²) in [5.41, 5.74) is 7.09. The summed E-state index contributed by atoms with van der Waals surface area (Å²) in [5, 5.41) is 0. The molecule has 0 aliphatic carbocycles. The van der Waals surface area contributed by atoms with Gasteiger partial charge in [-0.05, 0) is 26.1 Å². The van der Waals surface area contributed by atoms with E-state index in [1.807, 2.05) is 49.3 Å². The van der Waals surface area contributed by atoms with Gasteiger partial charge in [-0.3, -0.25) is 4.79 Å². The third-order valence-electron chi connectivity index (χ3n) is 3.30. The Balaban J connectivity index is 2.68. The van der Waals surface area contributed by atoms with Gasteiger partial charge in [0.1, 0.15) is 0 Å². The molecule has 5 heteroatoms. The molecule has 1 aromatic carbocycles. The number of benzene rings is 1. The van der Waals surface area contributed by atoms with Crippen molar-refractivity contribution < 1.29 is 9.53 Å². The molecular weight excluding hydrogens is 266 g/mol.